The Morgan fingerprint density at radius 3 is 2.52 bits per heavy atom. The molecule has 2 aliphatic rings. The van der Waals surface area contributed by atoms with E-state index < -0.39 is 0 Å². The van der Waals surface area contributed by atoms with Gasteiger partial charge in [0.2, 0.25) is 5.91 Å². The van der Waals surface area contributed by atoms with E-state index in [1.165, 1.54) is 0 Å². The predicted octanol–water partition coefficient (Wildman–Crippen LogP) is 1.64. The first-order valence-electron chi connectivity index (χ1n) is 11.2. The molecule has 0 bridgehead atoms. The van der Waals surface area contributed by atoms with Gasteiger partial charge >= 0.3 is 0 Å². The first kappa shape index (κ1) is 23.3. The SMILES string of the molecule is COc1ccc(OCC(=O)N2CCCC(N(CCCN3CCOCC3)C(C)=O)C2)cc1. The molecule has 0 N–H and O–H groups in total. The molecule has 0 spiro atoms. The van der Waals surface area contributed by atoms with E-state index in [9.17, 15) is 9.59 Å². The summed E-state index contributed by atoms with van der Waals surface area (Å²) >= 11 is 0. The number of amides is 2. The van der Waals surface area contributed by atoms with Gasteiger partial charge in [-0.1, -0.05) is 0 Å². The van der Waals surface area contributed by atoms with Crippen LogP contribution in [-0.2, 0) is 14.3 Å². The van der Waals surface area contributed by atoms with Crippen LogP contribution < -0.4 is 9.47 Å². The largest absolute Gasteiger partial charge is 0.497 e. The van der Waals surface area contributed by atoms with Gasteiger partial charge < -0.3 is 24.0 Å². The molecular formula is C23H35N3O5. The van der Waals surface area contributed by atoms with Gasteiger partial charge in [-0.15, -0.1) is 0 Å². The molecule has 1 atom stereocenters. The van der Waals surface area contributed by atoms with E-state index >= 15 is 0 Å². The number of carbonyl (C=O) groups excluding carboxylic acids is 2. The summed E-state index contributed by atoms with van der Waals surface area (Å²) < 4.78 is 16.2. The van der Waals surface area contributed by atoms with Crippen LogP contribution in [0.25, 0.3) is 0 Å². The normalized spacial score (nSPS) is 19.7. The number of hydrogen-bond donors (Lipinski definition) is 0. The predicted molar refractivity (Wildman–Crippen MR) is 117 cm³/mol. The van der Waals surface area contributed by atoms with Crippen molar-refractivity contribution in [3.05, 3.63) is 24.3 Å². The van der Waals surface area contributed by atoms with Crippen LogP contribution >= 0.6 is 0 Å². The maximum absolute atomic E-state index is 12.7. The van der Waals surface area contributed by atoms with Crippen LogP contribution in [0.3, 0.4) is 0 Å². The topological polar surface area (TPSA) is 71.6 Å². The van der Waals surface area contributed by atoms with Crippen LogP contribution in [-0.4, -0.2) is 98.8 Å². The highest BCUT2D eigenvalue weighted by molar-refractivity contribution is 5.78. The molecule has 2 fully saturated rings. The van der Waals surface area contributed by atoms with Crippen LogP contribution in [0.5, 0.6) is 11.5 Å². The fourth-order valence-electron chi connectivity index (χ4n) is 4.23. The Morgan fingerprint density at radius 2 is 1.84 bits per heavy atom. The number of ether oxygens (including phenoxy) is 3. The number of carbonyl (C=O) groups is 2. The third-order valence-corrected chi connectivity index (χ3v) is 5.99. The lowest BCUT2D eigenvalue weighted by atomic mass is 10.0. The molecule has 2 aliphatic heterocycles. The van der Waals surface area contributed by atoms with Gasteiger partial charge in [0.15, 0.2) is 6.61 Å². The van der Waals surface area contributed by atoms with Gasteiger partial charge in [-0.2, -0.15) is 0 Å². The van der Waals surface area contributed by atoms with Crippen LogP contribution in [0, 0.1) is 0 Å². The Kier molecular flexibility index (Phi) is 8.97. The second kappa shape index (κ2) is 11.9. The van der Waals surface area contributed by atoms with Crippen molar-refractivity contribution in [2.45, 2.75) is 32.2 Å². The van der Waals surface area contributed by atoms with Crippen molar-refractivity contribution < 1.29 is 23.8 Å². The molecule has 8 nitrogen and oxygen atoms in total. The molecule has 8 heteroatoms. The van der Waals surface area contributed by atoms with Crippen molar-refractivity contribution in [2.24, 2.45) is 0 Å². The molecule has 0 saturated carbocycles. The minimum atomic E-state index is -0.0441. The van der Waals surface area contributed by atoms with Crippen molar-refractivity contribution in [1.29, 1.82) is 0 Å². The number of rotatable bonds is 9. The number of benzene rings is 1. The van der Waals surface area contributed by atoms with E-state index in [-0.39, 0.29) is 24.5 Å². The van der Waals surface area contributed by atoms with Crippen molar-refractivity contribution in [3.8, 4) is 11.5 Å². The lowest BCUT2D eigenvalue weighted by Gasteiger charge is -2.39. The molecular weight excluding hydrogens is 398 g/mol. The van der Waals surface area contributed by atoms with E-state index in [1.54, 1.807) is 38.3 Å². The summed E-state index contributed by atoms with van der Waals surface area (Å²) in [6.45, 7) is 8.09. The summed E-state index contributed by atoms with van der Waals surface area (Å²) in [5, 5.41) is 0. The maximum Gasteiger partial charge on any atom is 0.260 e. The smallest absolute Gasteiger partial charge is 0.260 e. The first-order chi connectivity index (χ1) is 15.1. The van der Waals surface area contributed by atoms with Gasteiger partial charge in [0, 0.05) is 52.2 Å². The zero-order chi connectivity index (χ0) is 22.1. The third-order valence-electron chi connectivity index (χ3n) is 5.99. The number of nitrogens with zero attached hydrogens (tertiary/aromatic N) is 3. The van der Waals surface area contributed by atoms with Crippen molar-refractivity contribution in [1.82, 2.24) is 14.7 Å². The first-order valence-corrected chi connectivity index (χ1v) is 11.2. The van der Waals surface area contributed by atoms with Gasteiger partial charge in [-0.25, -0.2) is 0 Å². The lowest BCUT2D eigenvalue weighted by molar-refractivity contribution is -0.139. The molecule has 1 aromatic carbocycles. The van der Waals surface area contributed by atoms with Gasteiger partial charge in [0.25, 0.3) is 5.91 Å². The lowest BCUT2D eigenvalue weighted by Crippen LogP contribution is -2.52. The Bertz CT molecular complexity index is 706. The molecule has 0 aliphatic carbocycles. The number of hydrogen-bond acceptors (Lipinski definition) is 6. The summed E-state index contributed by atoms with van der Waals surface area (Å²) in [5.74, 6) is 1.42. The standard InChI is InChI=1S/C23H35N3O5/c1-19(27)26(12-4-10-24-13-15-30-16-14-24)20-5-3-11-25(17-20)23(28)18-31-22-8-6-21(29-2)7-9-22/h6-9,20H,3-5,10-18H2,1-2H3. The monoisotopic (exact) mass is 433 g/mol. The molecule has 0 radical (unpaired) electrons. The molecule has 1 unspecified atom stereocenters. The summed E-state index contributed by atoms with van der Waals surface area (Å²) in [5.41, 5.74) is 0. The molecule has 2 amide bonds. The zero-order valence-electron chi connectivity index (χ0n) is 18.8. The Hall–Kier alpha value is -2.32. The van der Waals surface area contributed by atoms with E-state index in [4.69, 9.17) is 14.2 Å². The number of morpholine rings is 1. The van der Waals surface area contributed by atoms with Crippen LogP contribution in [0.4, 0.5) is 0 Å². The number of piperidine rings is 1. The fourth-order valence-corrected chi connectivity index (χ4v) is 4.23. The molecule has 3 rings (SSSR count). The van der Waals surface area contributed by atoms with Gasteiger partial charge in [0.1, 0.15) is 11.5 Å². The minimum Gasteiger partial charge on any atom is -0.497 e. The Balaban J connectivity index is 1.46. The highest BCUT2D eigenvalue weighted by atomic mass is 16.5. The zero-order valence-corrected chi connectivity index (χ0v) is 18.8. The number of methoxy groups -OCH3 is 1. The van der Waals surface area contributed by atoms with Crippen molar-refractivity contribution in [3.63, 3.8) is 0 Å². The Morgan fingerprint density at radius 1 is 1.13 bits per heavy atom. The Labute approximate surface area is 185 Å². The molecule has 172 valence electrons. The number of likely N-dealkylation sites (tertiary alicyclic amines) is 1. The van der Waals surface area contributed by atoms with Crippen LogP contribution in [0.1, 0.15) is 26.2 Å². The van der Waals surface area contributed by atoms with Crippen LogP contribution in [0.15, 0.2) is 24.3 Å². The molecule has 31 heavy (non-hydrogen) atoms. The fraction of sp³-hybridized carbons (Fsp3) is 0.652. The van der Waals surface area contributed by atoms with E-state index in [0.29, 0.717) is 18.8 Å². The van der Waals surface area contributed by atoms with Crippen molar-refractivity contribution in [2.75, 3.05) is 66.2 Å². The maximum atomic E-state index is 12.7. The molecule has 2 saturated heterocycles. The summed E-state index contributed by atoms with van der Waals surface area (Å²) in [7, 11) is 1.61. The summed E-state index contributed by atoms with van der Waals surface area (Å²) in [6.07, 6.45) is 2.76. The van der Waals surface area contributed by atoms with Gasteiger partial charge in [-0.05, 0) is 43.5 Å². The van der Waals surface area contributed by atoms with E-state index in [1.807, 2.05) is 9.80 Å². The molecule has 1 aromatic rings. The molecule has 0 aromatic heterocycles. The van der Waals surface area contributed by atoms with Gasteiger partial charge in [-0.3, -0.25) is 14.5 Å². The minimum absolute atomic E-state index is 0.00382. The average Bonchev–Trinajstić information content (AvgIpc) is 2.81. The quantitative estimate of drug-likeness (QED) is 0.590. The summed E-state index contributed by atoms with van der Waals surface area (Å²) in [6, 6.07) is 7.26. The second-order valence-corrected chi connectivity index (χ2v) is 8.12. The highest BCUT2D eigenvalue weighted by Gasteiger charge is 2.29. The average molecular weight is 434 g/mol. The van der Waals surface area contributed by atoms with E-state index in [0.717, 1.165) is 64.4 Å². The van der Waals surface area contributed by atoms with Crippen molar-refractivity contribution >= 4 is 11.8 Å². The summed E-state index contributed by atoms with van der Waals surface area (Å²) in [4.78, 5) is 31.2. The van der Waals surface area contributed by atoms with Crippen LogP contribution in [0.2, 0.25) is 0 Å². The molecule has 2 heterocycles. The second-order valence-electron chi connectivity index (χ2n) is 8.12. The van der Waals surface area contributed by atoms with E-state index in [2.05, 4.69) is 4.90 Å². The third kappa shape index (κ3) is 7.11. The van der Waals surface area contributed by atoms with Gasteiger partial charge in [0.05, 0.1) is 20.3 Å². The highest BCUT2D eigenvalue weighted by Crippen LogP contribution is 2.19.